The lowest BCUT2D eigenvalue weighted by Crippen LogP contribution is -2.56. The highest BCUT2D eigenvalue weighted by Crippen LogP contribution is 2.68. The summed E-state index contributed by atoms with van der Waals surface area (Å²) < 4.78 is 0. The van der Waals surface area contributed by atoms with Crippen LogP contribution >= 0.6 is 0 Å². The maximum absolute atomic E-state index is 12.2. The molecule has 0 bridgehead atoms. The number of nitrogens with zero attached hydrogens (tertiary/aromatic N) is 2. The van der Waals surface area contributed by atoms with E-state index >= 15 is 0 Å². The molecule has 4 aliphatic rings. The summed E-state index contributed by atoms with van der Waals surface area (Å²) in [5, 5.41) is 9.86. The van der Waals surface area contributed by atoms with E-state index in [0.29, 0.717) is 35.4 Å². The third-order valence-corrected chi connectivity index (χ3v) is 9.55. The molecule has 3 fully saturated rings. The fourth-order valence-corrected chi connectivity index (χ4v) is 8.04. The maximum atomic E-state index is 12.2. The van der Waals surface area contributed by atoms with Gasteiger partial charge < -0.3 is 5.11 Å². The van der Waals surface area contributed by atoms with Crippen LogP contribution in [0.3, 0.4) is 0 Å². The van der Waals surface area contributed by atoms with Gasteiger partial charge in [-0.15, -0.1) is 0 Å². The van der Waals surface area contributed by atoms with Crippen LogP contribution in [0, 0.1) is 40.4 Å². The molecule has 156 valence electrons. The number of aliphatic hydroxyl groups is 1. The van der Waals surface area contributed by atoms with Gasteiger partial charge in [0.05, 0.1) is 0 Å². The number of ketones is 1. The van der Waals surface area contributed by atoms with Gasteiger partial charge in [-0.25, -0.2) is 9.97 Å². The highest BCUT2D eigenvalue weighted by molar-refractivity contribution is 5.79. The van der Waals surface area contributed by atoms with Crippen LogP contribution in [0.15, 0.2) is 24.5 Å². The predicted molar refractivity (Wildman–Crippen MR) is 113 cm³/mol. The minimum Gasteiger partial charge on any atom is -0.396 e. The molecule has 0 saturated heterocycles. The summed E-state index contributed by atoms with van der Waals surface area (Å²) in [5.74, 6) is 4.31. The quantitative estimate of drug-likeness (QED) is 0.808. The maximum Gasteiger partial charge on any atom is 0.155 e. The van der Waals surface area contributed by atoms with Gasteiger partial charge in [0.25, 0.3) is 0 Å². The van der Waals surface area contributed by atoms with Gasteiger partial charge >= 0.3 is 0 Å². The van der Waals surface area contributed by atoms with Gasteiger partial charge in [-0.3, -0.25) is 4.79 Å². The minimum atomic E-state index is 0.129. The van der Waals surface area contributed by atoms with Crippen molar-refractivity contribution in [2.45, 2.75) is 65.2 Å². The van der Waals surface area contributed by atoms with Crippen molar-refractivity contribution in [3.63, 3.8) is 0 Å². The van der Waals surface area contributed by atoms with Crippen molar-refractivity contribution in [1.29, 1.82) is 0 Å². The zero-order valence-electron chi connectivity index (χ0n) is 17.8. The van der Waals surface area contributed by atoms with Crippen LogP contribution in [0.4, 0.5) is 0 Å². The van der Waals surface area contributed by atoms with Crippen molar-refractivity contribution < 1.29 is 9.90 Å². The molecule has 4 nitrogen and oxygen atoms in total. The van der Waals surface area contributed by atoms with Crippen molar-refractivity contribution in [1.82, 2.24) is 9.97 Å². The second-order valence-corrected chi connectivity index (χ2v) is 10.6. The van der Waals surface area contributed by atoms with Crippen molar-refractivity contribution in [3.8, 4) is 0 Å². The number of carbonyl (C=O) groups is 1. The molecule has 0 radical (unpaired) electrons. The first kappa shape index (κ1) is 19.4. The minimum absolute atomic E-state index is 0.129. The number of hydrogen-bond donors (Lipinski definition) is 1. The van der Waals surface area contributed by atoms with E-state index in [0.717, 1.165) is 44.3 Å². The van der Waals surface area contributed by atoms with E-state index in [2.05, 4.69) is 29.9 Å². The third-order valence-electron chi connectivity index (χ3n) is 9.55. The standard InChI is InChI=1S/C25H34N2O2/c1-24-9-6-18(29)15-17(24)14-16(8-13-28)22-19-4-5-21(23-26-11-3-12-27-23)25(19,2)10-7-20(22)24/h3,5,11-12,16-17,19-20,22,28H,4,6-10,13-15H2,1-2H3/t16?,17?,19-,20+,22-,24-,25-/m0/s1. The average Bonchev–Trinajstić information content (AvgIpc) is 3.07. The van der Waals surface area contributed by atoms with E-state index in [1.807, 2.05) is 18.5 Å². The highest BCUT2D eigenvalue weighted by atomic mass is 16.3. The second-order valence-electron chi connectivity index (χ2n) is 10.6. The van der Waals surface area contributed by atoms with Gasteiger partial charge in [0.15, 0.2) is 5.82 Å². The number of fused-ring (bicyclic) bond motifs is 5. The Balaban J connectivity index is 1.51. The molecular weight excluding hydrogens is 360 g/mol. The lowest BCUT2D eigenvalue weighted by molar-refractivity contribution is -0.147. The summed E-state index contributed by atoms with van der Waals surface area (Å²) in [6.07, 6.45) is 14.2. The molecule has 1 aromatic heterocycles. The van der Waals surface area contributed by atoms with E-state index in [-0.39, 0.29) is 17.4 Å². The van der Waals surface area contributed by atoms with Crippen LogP contribution in [0.25, 0.3) is 5.57 Å². The Kier molecular flexibility index (Phi) is 4.69. The third kappa shape index (κ3) is 2.85. The van der Waals surface area contributed by atoms with E-state index in [1.165, 1.54) is 18.4 Å². The lowest BCUT2D eigenvalue weighted by Gasteiger charge is -2.62. The van der Waals surface area contributed by atoms with Crippen molar-refractivity contribution >= 4 is 11.4 Å². The molecule has 0 aliphatic heterocycles. The van der Waals surface area contributed by atoms with E-state index in [1.54, 1.807) is 0 Å². The van der Waals surface area contributed by atoms with Crippen molar-refractivity contribution in [3.05, 3.63) is 30.4 Å². The SMILES string of the molecule is C[C@]12CCC(=O)CC1CC(CCO)[C@@H]1[C@H]2CC[C@]2(C)C(c3ncccn3)=CC[C@@H]12. The molecular formula is C25H34N2O2. The zero-order chi connectivity index (χ0) is 20.2. The smallest absolute Gasteiger partial charge is 0.155 e. The number of rotatable bonds is 3. The van der Waals surface area contributed by atoms with Gasteiger partial charge in [-0.2, -0.15) is 0 Å². The van der Waals surface area contributed by atoms with Crippen LogP contribution in [0.5, 0.6) is 0 Å². The van der Waals surface area contributed by atoms with Gasteiger partial charge in [0.1, 0.15) is 5.78 Å². The molecule has 1 heterocycles. The summed E-state index contributed by atoms with van der Waals surface area (Å²) in [7, 11) is 0. The summed E-state index contributed by atoms with van der Waals surface area (Å²) in [5.41, 5.74) is 1.76. The first-order valence-corrected chi connectivity index (χ1v) is 11.6. The highest BCUT2D eigenvalue weighted by Gasteiger charge is 2.61. The number of allylic oxidation sites excluding steroid dienone is 2. The monoisotopic (exact) mass is 394 g/mol. The number of hydrogen-bond acceptors (Lipinski definition) is 4. The largest absolute Gasteiger partial charge is 0.396 e. The van der Waals surface area contributed by atoms with Crippen LogP contribution in [0.2, 0.25) is 0 Å². The second kappa shape index (κ2) is 7.01. The summed E-state index contributed by atoms with van der Waals surface area (Å²) >= 11 is 0. The van der Waals surface area contributed by atoms with E-state index < -0.39 is 0 Å². The Morgan fingerprint density at radius 2 is 1.97 bits per heavy atom. The predicted octanol–water partition coefficient (Wildman–Crippen LogP) is 4.69. The number of carbonyl (C=O) groups excluding carboxylic acids is 1. The number of Topliss-reactive ketones (excluding diaryl/α,β-unsaturated/α-hetero) is 1. The Bertz CT molecular complexity index is 821. The van der Waals surface area contributed by atoms with Gasteiger partial charge in [0.2, 0.25) is 0 Å². The number of aromatic nitrogens is 2. The zero-order valence-corrected chi connectivity index (χ0v) is 17.8. The first-order chi connectivity index (χ1) is 14.0. The van der Waals surface area contributed by atoms with E-state index in [4.69, 9.17) is 0 Å². The van der Waals surface area contributed by atoms with Crippen LogP contribution in [-0.2, 0) is 4.79 Å². The fourth-order valence-electron chi connectivity index (χ4n) is 8.04. The Labute approximate surface area is 174 Å². The molecule has 7 atom stereocenters. The number of aliphatic hydroxyl groups excluding tert-OH is 1. The Morgan fingerprint density at radius 3 is 2.72 bits per heavy atom. The molecule has 5 rings (SSSR count). The van der Waals surface area contributed by atoms with Crippen LogP contribution in [-0.4, -0.2) is 27.5 Å². The summed E-state index contributed by atoms with van der Waals surface area (Å²) in [6.45, 7) is 5.19. The van der Waals surface area contributed by atoms with Crippen LogP contribution < -0.4 is 0 Å². The van der Waals surface area contributed by atoms with Crippen LogP contribution in [0.1, 0.15) is 71.0 Å². The fraction of sp³-hybridized carbons (Fsp3) is 0.720. The molecule has 1 aromatic rings. The molecule has 4 aliphatic carbocycles. The van der Waals surface area contributed by atoms with Gasteiger partial charge in [-0.05, 0) is 90.6 Å². The molecule has 1 N–H and O–H groups in total. The van der Waals surface area contributed by atoms with Gasteiger partial charge in [-0.1, -0.05) is 19.9 Å². The van der Waals surface area contributed by atoms with Gasteiger partial charge in [0, 0.05) is 31.8 Å². The molecule has 0 amide bonds. The normalized spacial score (nSPS) is 43.9. The summed E-state index contributed by atoms with van der Waals surface area (Å²) in [6, 6.07) is 1.89. The molecule has 3 saturated carbocycles. The van der Waals surface area contributed by atoms with Crippen molar-refractivity contribution in [2.75, 3.05) is 6.61 Å². The van der Waals surface area contributed by atoms with E-state index in [9.17, 15) is 9.90 Å². The lowest BCUT2D eigenvalue weighted by atomic mass is 9.42. The van der Waals surface area contributed by atoms with Crippen molar-refractivity contribution in [2.24, 2.45) is 40.4 Å². The Morgan fingerprint density at radius 1 is 1.17 bits per heavy atom. The molecule has 0 aromatic carbocycles. The molecule has 4 heteroatoms. The molecule has 0 spiro atoms. The molecule has 2 unspecified atom stereocenters. The first-order valence-electron chi connectivity index (χ1n) is 11.6. The molecule has 29 heavy (non-hydrogen) atoms. The Hall–Kier alpha value is -1.55. The topological polar surface area (TPSA) is 63.1 Å². The summed E-state index contributed by atoms with van der Waals surface area (Å²) in [4.78, 5) is 21.4. The average molecular weight is 395 g/mol.